The van der Waals surface area contributed by atoms with Crippen LogP contribution in [0.1, 0.15) is 19.4 Å². The van der Waals surface area contributed by atoms with Gasteiger partial charge in [0.2, 0.25) is 0 Å². The Balaban J connectivity index is 2.82. The van der Waals surface area contributed by atoms with Crippen LogP contribution >= 0.6 is 0 Å². The van der Waals surface area contributed by atoms with Crippen LogP contribution in [0.25, 0.3) is 0 Å². The molecule has 0 unspecified atom stereocenters. The number of nitrogens with one attached hydrogen (secondary N) is 1. The maximum absolute atomic E-state index is 12.3. The summed E-state index contributed by atoms with van der Waals surface area (Å²) in [5.41, 5.74) is -0.0580. The van der Waals surface area contributed by atoms with Crippen LogP contribution < -0.4 is 14.8 Å². The molecule has 0 heterocycles. The Labute approximate surface area is 122 Å². The van der Waals surface area contributed by atoms with Crippen molar-refractivity contribution in [1.82, 2.24) is 5.32 Å². The van der Waals surface area contributed by atoms with E-state index in [2.05, 4.69) is 10.1 Å². The van der Waals surface area contributed by atoms with Gasteiger partial charge in [0.25, 0.3) is 0 Å². The molecule has 0 aliphatic heterocycles. The Morgan fingerprint density at radius 1 is 1.24 bits per heavy atom. The first-order valence-electron chi connectivity index (χ1n) is 6.61. The van der Waals surface area contributed by atoms with Crippen LogP contribution in [-0.2, 0) is 6.54 Å². The van der Waals surface area contributed by atoms with E-state index < -0.39 is 12.2 Å². The van der Waals surface area contributed by atoms with Gasteiger partial charge >= 0.3 is 6.61 Å². The fourth-order valence-electron chi connectivity index (χ4n) is 1.60. The second kappa shape index (κ2) is 8.11. The summed E-state index contributed by atoms with van der Waals surface area (Å²) in [6, 6.07) is 4.61. The summed E-state index contributed by atoms with van der Waals surface area (Å²) in [4.78, 5) is 0. The normalized spacial score (nSPS) is 11.8. The average molecular weight is 305 g/mol. The predicted molar refractivity (Wildman–Crippen MR) is 73.7 cm³/mol. The molecule has 3 N–H and O–H groups in total. The van der Waals surface area contributed by atoms with Gasteiger partial charge in [-0.25, -0.2) is 0 Å². The van der Waals surface area contributed by atoms with Crippen molar-refractivity contribution in [2.45, 2.75) is 32.5 Å². The fourth-order valence-corrected chi connectivity index (χ4v) is 1.60. The van der Waals surface area contributed by atoms with E-state index in [0.717, 1.165) is 5.56 Å². The number of hydrogen-bond donors (Lipinski definition) is 3. The van der Waals surface area contributed by atoms with Crippen LogP contribution in [0.2, 0.25) is 0 Å². The minimum Gasteiger partial charge on any atom is -0.490 e. The summed E-state index contributed by atoms with van der Waals surface area (Å²) in [6.45, 7) is 0.702. The van der Waals surface area contributed by atoms with Crippen molar-refractivity contribution in [3.8, 4) is 11.5 Å². The zero-order valence-electron chi connectivity index (χ0n) is 12.1. The number of aliphatic hydroxyl groups excluding tert-OH is 2. The lowest BCUT2D eigenvalue weighted by Gasteiger charge is -2.26. The third kappa shape index (κ3) is 5.45. The second-order valence-corrected chi connectivity index (χ2v) is 4.82. The Morgan fingerprint density at radius 3 is 2.43 bits per heavy atom. The fraction of sp³-hybridized carbons (Fsp3) is 0.571. The summed E-state index contributed by atoms with van der Waals surface area (Å²) in [5.74, 6) is 0.203. The highest BCUT2D eigenvalue weighted by Gasteiger charge is 2.21. The standard InChI is InChI=1S/C14H21F2NO4/c1-3-20-12-6-10(4-5-11(12)21-13(15)16)7-17-14(2,8-18)9-19/h4-6,13,17-19H,3,7-9H2,1-2H3. The zero-order valence-corrected chi connectivity index (χ0v) is 12.1. The van der Waals surface area contributed by atoms with E-state index in [1.54, 1.807) is 26.0 Å². The number of hydrogen-bond acceptors (Lipinski definition) is 5. The number of benzene rings is 1. The topological polar surface area (TPSA) is 71.0 Å². The molecule has 1 aromatic carbocycles. The van der Waals surface area contributed by atoms with Gasteiger partial charge in [0.05, 0.1) is 25.4 Å². The van der Waals surface area contributed by atoms with Crippen molar-refractivity contribution in [2.24, 2.45) is 0 Å². The maximum atomic E-state index is 12.3. The molecule has 120 valence electrons. The zero-order chi connectivity index (χ0) is 15.9. The molecule has 0 aromatic heterocycles. The van der Waals surface area contributed by atoms with Crippen LogP contribution in [-0.4, -0.2) is 42.2 Å². The average Bonchev–Trinajstić information content (AvgIpc) is 2.47. The van der Waals surface area contributed by atoms with Crippen molar-refractivity contribution in [2.75, 3.05) is 19.8 Å². The lowest BCUT2D eigenvalue weighted by atomic mass is 10.0. The number of alkyl halides is 2. The lowest BCUT2D eigenvalue weighted by molar-refractivity contribution is -0.0514. The number of rotatable bonds is 9. The van der Waals surface area contributed by atoms with E-state index in [9.17, 15) is 19.0 Å². The van der Waals surface area contributed by atoms with Crippen molar-refractivity contribution >= 4 is 0 Å². The monoisotopic (exact) mass is 305 g/mol. The minimum atomic E-state index is -2.92. The van der Waals surface area contributed by atoms with E-state index in [0.29, 0.717) is 13.2 Å². The van der Waals surface area contributed by atoms with Crippen molar-refractivity contribution in [1.29, 1.82) is 0 Å². The minimum absolute atomic E-state index is 0.0253. The van der Waals surface area contributed by atoms with E-state index in [1.807, 2.05) is 0 Å². The molecule has 21 heavy (non-hydrogen) atoms. The van der Waals surface area contributed by atoms with Crippen LogP contribution in [0, 0.1) is 0 Å². The van der Waals surface area contributed by atoms with Gasteiger partial charge in [-0.05, 0) is 31.5 Å². The van der Waals surface area contributed by atoms with Gasteiger partial charge in [-0.15, -0.1) is 0 Å². The Bertz CT molecular complexity index is 439. The quantitative estimate of drug-likeness (QED) is 0.645. The van der Waals surface area contributed by atoms with Gasteiger partial charge in [-0.3, -0.25) is 0 Å². The molecule has 0 fully saturated rings. The Hall–Kier alpha value is -1.44. The maximum Gasteiger partial charge on any atom is 0.387 e. The highest BCUT2D eigenvalue weighted by Crippen LogP contribution is 2.30. The summed E-state index contributed by atoms with van der Waals surface area (Å²) in [6.07, 6.45) is 0. The first kappa shape index (κ1) is 17.6. The first-order chi connectivity index (χ1) is 9.94. The predicted octanol–water partition coefficient (Wildman–Crippen LogP) is 1.52. The summed E-state index contributed by atoms with van der Waals surface area (Å²) in [7, 11) is 0. The van der Waals surface area contributed by atoms with Gasteiger partial charge in [0.15, 0.2) is 11.5 Å². The number of halogens is 2. The van der Waals surface area contributed by atoms with Crippen LogP contribution in [0.5, 0.6) is 11.5 Å². The van der Waals surface area contributed by atoms with Gasteiger partial charge in [-0.1, -0.05) is 6.07 Å². The molecule has 0 saturated heterocycles. The van der Waals surface area contributed by atoms with E-state index in [4.69, 9.17) is 4.74 Å². The molecule has 1 aromatic rings. The molecule has 0 amide bonds. The summed E-state index contributed by atoms with van der Waals surface area (Å²) < 4.78 is 34.2. The van der Waals surface area contributed by atoms with Crippen molar-refractivity contribution in [3.05, 3.63) is 23.8 Å². The lowest BCUT2D eigenvalue weighted by Crippen LogP contribution is -2.48. The molecule has 0 atom stereocenters. The molecule has 0 aliphatic carbocycles. The summed E-state index contributed by atoms with van der Waals surface area (Å²) in [5, 5.41) is 21.4. The van der Waals surface area contributed by atoms with Crippen LogP contribution in [0.4, 0.5) is 8.78 Å². The Kier molecular flexibility index (Phi) is 6.80. The third-order valence-electron chi connectivity index (χ3n) is 2.94. The SMILES string of the molecule is CCOc1cc(CNC(C)(CO)CO)ccc1OC(F)F. The summed E-state index contributed by atoms with van der Waals surface area (Å²) >= 11 is 0. The highest BCUT2D eigenvalue weighted by atomic mass is 19.3. The van der Waals surface area contributed by atoms with Gasteiger partial charge in [0.1, 0.15) is 0 Å². The molecule has 1 rings (SSSR count). The van der Waals surface area contributed by atoms with E-state index in [-0.39, 0.29) is 24.7 Å². The van der Waals surface area contributed by atoms with E-state index in [1.165, 1.54) is 6.07 Å². The van der Waals surface area contributed by atoms with Crippen LogP contribution in [0.3, 0.4) is 0 Å². The number of aliphatic hydroxyl groups is 2. The molecule has 0 bridgehead atoms. The van der Waals surface area contributed by atoms with E-state index >= 15 is 0 Å². The molecule has 7 heteroatoms. The number of ether oxygens (including phenoxy) is 2. The molecule has 5 nitrogen and oxygen atoms in total. The van der Waals surface area contributed by atoms with Gasteiger partial charge in [-0.2, -0.15) is 8.78 Å². The molecular formula is C14H21F2NO4. The van der Waals surface area contributed by atoms with Crippen molar-refractivity contribution < 1.29 is 28.5 Å². The first-order valence-corrected chi connectivity index (χ1v) is 6.61. The molecule has 0 spiro atoms. The Morgan fingerprint density at radius 2 is 1.90 bits per heavy atom. The smallest absolute Gasteiger partial charge is 0.387 e. The highest BCUT2D eigenvalue weighted by molar-refractivity contribution is 5.43. The molecule has 0 saturated carbocycles. The molecular weight excluding hydrogens is 284 g/mol. The molecule has 0 aliphatic rings. The van der Waals surface area contributed by atoms with Gasteiger partial charge in [0, 0.05) is 6.54 Å². The molecule has 0 radical (unpaired) electrons. The largest absolute Gasteiger partial charge is 0.490 e. The second-order valence-electron chi connectivity index (χ2n) is 4.82. The van der Waals surface area contributed by atoms with Crippen molar-refractivity contribution in [3.63, 3.8) is 0 Å². The van der Waals surface area contributed by atoms with Gasteiger partial charge < -0.3 is 25.0 Å². The third-order valence-corrected chi connectivity index (χ3v) is 2.94. The van der Waals surface area contributed by atoms with Crippen LogP contribution in [0.15, 0.2) is 18.2 Å².